The summed E-state index contributed by atoms with van der Waals surface area (Å²) in [6.45, 7) is 3.48. The van der Waals surface area contributed by atoms with Gasteiger partial charge in [-0.15, -0.1) is 0 Å². The van der Waals surface area contributed by atoms with Crippen LogP contribution in [0.15, 0.2) is 22.7 Å². The topological polar surface area (TPSA) is 24.1 Å². The van der Waals surface area contributed by atoms with Gasteiger partial charge in [-0.25, -0.2) is 0 Å². The van der Waals surface area contributed by atoms with Gasteiger partial charge in [0.2, 0.25) is 0 Å². The van der Waals surface area contributed by atoms with Crippen LogP contribution in [0.1, 0.15) is 24.3 Å². The van der Waals surface area contributed by atoms with Crippen molar-refractivity contribution in [3.05, 3.63) is 28.2 Å². The van der Waals surface area contributed by atoms with Crippen molar-refractivity contribution in [3.8, 4) is 0 Å². The van der Waals surface area contributed by atoms with Gasteiger partial charge in [0.25, 0.3) is 0 Å². The highest BCUT2D eigenvalue weighted by atomic mass is 79.9. The smallest absolute Gasteiger partial charge is 0.0387 e. The van der Waals surface area contributed by atoms with Crippen LogP contribution in [0.2, 0.25) is 0 Å². The van der Waals surface area contributed by atoms with Crippen molar-refractivity contribution >= 4 is 21.6 Å². The first-order valence-electron chi connectivity index (χ1n) is 6.09. The van der Waals surface area contributed by atoms with Gasteiger partial charge in [-0.1, -0.05) is 22.0 Å². The van der Waals surface area contributed by atoms with E-state index < -0.39 is 0 Å². The number of anilines is 1. The normalized spacial score (nSPS) is 25.2. The molecule has 86 valence electrons. The summed E-state index contributed by atoms with van der Waals surface area (Å²) in [5, 5.41) is 6.98. The van der Waals surface area contributed by atoms with Crippen LogP contribution < -0.4 is 10.6 Å². The number of hydrogen-bond acceptors (Lipinski definition) is 2. The minimum atomic E-state index is 0.702. The maximum atomic E-state index is 3.70. The highest BCUT2D eigenvalue weighted by Gasteiger charge is 2.31. The van der Waals surface area contributed by atoms with Gasteiger partial charge in [-0.05, 0) is 49.5 Å². The summed E-state index contributed by atoms with van der Waals surface area (Å²) in [7, 11) is 0. The molecule has 1 aromatic carbocycles. The third-order valence-electron chi connectivity index (χ3n) is 3.89. The molecule has 3 rings (SSSR count). The Bertz CT molecular complexity index is 386. The van der Waals surface area contributed by atoms with Crippen LogP contribution in [0, 0.1) is 5.92 Å². The Morgan fingerprint density at radius 3 is 2.81 bits per heavy atom. The molecule has 2 nitrogen and oxygen atoms in total. The number of fused-ring (bicyclic) bond motifs is 1. The number of rotatable bonds is 1. The van der Waals surface area contributed by atoms with Crippen LogP contribution in [0.25, 0.3) is 0 Å². The molecule has 1 unspecified atom stereocenters. The van der Waals surface area contributed by atoms with Crippen LogP contribution in [0.4, 0.5) is 5.69 Å². The number of piperidine rings is 1. The minimum Gasteiger partial charge on any atom is -0.384 e. The van der Waals surface area contributed by atoms with Crippen molar-refractivity contribution in [2.24, 2.45) is 5.92 Å². The van der Waals surface area contributed by atoms with E-state index in [1.165, 1.54) is 41.7 Å². The quantitative estimate of drug-likeness (QED) is 0.827. The van der Waals surface area contributed by atoms with E-state index >= 15 is 0 Å². The molecular weight excluding hydrogens is 264 g/mol. The van der Waals surface area contributed by atoms with Crippen LogP contribution in [-0.2, 0) is 0 Å². The highest BCUT2D eigenvalue weighted by Crippen LogP contribution is 2.43. The monoisotopic (exact) mass is 280 g/mol. The molecule has 2 aliphatic rings. The zero-order valence-electron chi connectivity index (χ0n) is 9.30. The second-order valence-electron chi connectivity index (χ2n) is 4.78. The number of benzene rings is 1. The van der Waals surface area contributed by atoms with E-state index in [1.807, 2.05) is 0 Å². The summed E-state index contributed by atoms with van der Waals surface area (Å²) < 4.78 is 1.28. The van der Waals surface area contributed by atoms with Gasteiger partial charge in [0.05, 0.1) is 0 Å². The fourth-order valence-electron chi connectivity index (χ4n) is 3.04. The average molecular weight is 281 g/mol. The largest absolute Gasteiger partial charge is 0.384 e. The molecule has 2 heterocycles. The molecule has 1 fully saturated rings. The van der Waals surface area contributed by atoms with Gasteiger partial charge in [-0.2, -0.15) is 0 Å². The molecule has 1 atom stereocenters. The molecule has 2 N–H and O–H groups in total. The molecular formula is C13H17BrN2. The summed E-state index contributed by atoms with van der Waals surface area (Å²) in [5.74, 6) is 1.54. The Morgan fingerprint density at radius 1 is 1.19 bits per heavy atom. The molecule has 0 radical (unpaired) electrons. The third-order valence-corrected chi connectivity index (χ3v) is 4.58. The third kappa shape index (κ3) is 1.76. The highest BCUT2D eigenvalue weighted by molar-refractivity contribution is 9.10. The lowest BCUT2D eigenvalue weighted by atomic mass is 9.82. The average Bonchev–Trinajstić information content (AvgIpc) is 2.75. The lowest BCUT2D eigenvalue weighted by Gasteiger charge is -2.28. The second-order valence-corrected chi connectivity index (χ2v) is 5.63. The number of nitrogens with one attached hydrogen (secondary N) is 2. The van der Waals surface area contributed by atoms with Crippen LogP contribution in [0.5, 0.6) is 0 Å². The fourth-order valence-corrected chi connectivity index (χ4v) is 3.70. The first-order valence-corrected chi connectivity index (χ1v) is 6.88. The Balaban J connectivity index is 1.89. The lowest BCUT2D eigenvalue weighted by Crippen LogP contribution is -2.31. The molecule has 0 aromatic heterocycles. The van der Waals surface area contributed by atoms with Crippen LogP contribution in [0.3, 0.4) is 0 Å². The Hall–Kier alpha value is -0.540. The lowest BCUT2D eigenvalue weighted by molar-refractivity contribution is 0.330. The van der Waals surface area contributed by atoms with Crippen molar-refractivity contribution in [1.82, 2.24) is 5.32 Å². The van der Waals surface area contributed by atoms with Gasteiger partial charge in [0.1, 0.15) is 0 Å². The van der Waals surface area contributed by atoms with E-state index in [9.17, 15) is 0 Å². The molecule has 2 aliphatic heterocycles. The summed E-state index contributed by atoms with van der Waals surface area (Å²) in [4.78, 5) is 0. The molecule has 16 heavy (non-hydrogen) atoms. The molecule has 3 heteroatoms. The van der Waals surface area contributed by atoms with Gasteiger partial charge < -0.3 is 10.6 Å². The summed E-state index contributed by atoms with van der Waals surface area (Å²) in [5.41, 5.74) is 2.84. The molecule has 1 saturated heterocycles. The zero-order valence-corrected chi connectivity index (χ0v) is 10.9. The minimum absolute atomic E-state index is 0.702. The van der Waals surface area contributed by atoms with Gasteiger partial charge in [0.15, 0.2) is 0 Å². The predicted octanol–water partition coefficient (Wildman–Crippen LogP) is 2.96. The van der Waals surface area contributed by atoms with Crippen molar-refractivity contribution < 1.29 is 0 Å². The zero-order chi connectivity index (χ0) is 11.0. The van der Waals surface area contributed by atoms with E-state index in [2.05, 4.69) is 44.8 Å². The van der Waals surface area contributed by atoms with Crippen LogP contribution >= 0.6 is 15.9 Å². The summed E-state index contributed by atoms with van der Waals surface area (Å²) in [6, 6.07) is 6.47. The van der Waals surface area contributed by atoms with E-state index in [0.29, 0.717) is 5.92 Å². The van der Waals surface area contributed by atoms with Gasteiger partial charge in [-0.3, -0.25) is 0 Å². The number of hydrogen-bond donors (Lipinski definition) is 2. The molecule has 1 aromatic rings. The predicted molar refractivity (Wildman–Crippen MR) is 71.0 cm³/mol. The summed E-state index contributed by atoms with van der Waals surface area (Å²) >= 11 is 3.70. The van der Waals surface area contributed by atoms with E-state index in [1.54, 1.807) is 0 Å². The molecule has 0 bridgehead atoms. The standard InChI is InChI=1S/C13H17BrN2/c14-11-2-1-3-12-13(11)10(8-16-12)9-4-6-15-7-5-9/h1-3,9-10,15-16H,4-8H2. The maximum absolute atomic E-state index is 3.70. The van der Waals surface area contributed by atoms with Gasteiger partial charge in [0, 0.05) is 22.6 Å². The fraction of sp³-hybridized carbons (Fsp3) is 0.538. The van der Waals surface area contributed by atoms with Crippen molar-refractivity contribution in [2.45, 2.75) is 18.8 Å². The Kier molecular flexibility index (Phi) is 2.90. The van der Waals surface area contributed by atoms with Crippen LogP contribution in [-0.4, -0.2) is 19.6 Å². The summed E-state index contributed by atoms with van der Waals surface area (Å²) in [6.07, 6.45) is 2.63. The van der Waals surface area contributed by atoms with E-state index in [-0.39, 0.29) is 0 Å². The first-order chi connectivity index (χ1) is 7.86. The maximum Gasteiger partial charge on any atom is 0.0387 e. The van der Waals surface area contributed by atoms with Gasteiger partial charge >= 0.3 is 0 Å². The molecule has 0 aliphatic carbocycles. The van der Waals surface area contributed by atoms with Crippen molar-refractivity contribution in [1.29, 1.82) is 0 Å². The van der Waals surface area contributed by atoms with Crippen molar-refractivity contribution in [2.75, 3.05) is 25.0 Å². The Morgan fingerprint density at radius 2 is 2.00 bits per heavy atom. The van der Waals surface area contributed by atoms with E-state index in [0.717, 1.165) is 12.5 Å². The SMILES string of the molecule is Brc1cccc2c1C(C1CCNCC1)CN2. The van der Waals surface area contributed by atoms with E-state index in [4.69, 9.17) is 0 Å². The number of halogens is 1. The molecule has 0 spiro atoms. The van der Waals surface area contributed by atoms with Crippen molar-refractivity contribution in [3.63, 3.8) is 0 Å². The molecule has 0 saturated carbocycles. The first kappa shape index (κ1) is 10.6. The Labute approximate surface area is 105 Å². The molecule has 0 amide bonds. The second kappa shape index (κ2) is 4.38.